The molecular formula is C16H26ClNO2. The van der Waals surface area contributed by atoms with Crippen molar-refractivity contribution in [2.24, 2.45) is 5.92 Å². The minimum absolute atomic E-state index is 0. The Morgan fingerprint density at radius 3 is 2.55 bits per heavy atom. The van der Waals surface area contributed by atoms with Crippen LogP contribution in [0, 0.1) is 5.92 Å². The van der Waals surface area contributed by atoms with E-state index in [4.69, 9.17) is 5.11 Å². The van der Waals surface area contributed by atoms with Crippen molar-refractivity contribution in [3.8, 4) is 0 Å². The molecule has 3 unspecified atom stereocenters. The summed E-state index contributed by atoms with van der Waals surface area (Å²) in [5.74, 6) is 0.287. The van der Waals surface area contributed by atoms with E-state index in [0.717, 1.165) is 31.4 Å². The van der Waals surface area contributed by atoms with Crippen LogP contribution in [0.1, 0.15) is 43.8 Å². The Bertz CT molecular complexity index is 361. The maximum Gasteiger partial charge on any atom is 0.0833 e. The standard InChI is InChI=1S/C16H25NO2.ClH/c18-12-6-11-17-15-10-5-4-9-14(15)16(19)13-7-2-1-3-8-13;/h1-3,7-8,14-19H,4-6,9-12H2;1H. The highest BCUT2D eigenvalue weighted by atomic mass is 35.5. The first kappa shape index (κ1) is 17.4. The quantitative estimate of drug-likeness (QED) is 0.708. The number of aliphatic hydroxyl groups excluding tert-OH is 2. The lowest BCUT2D eigenvalue weighted by Crippen LogP contribution is -2.41. The van der Waals surface area contributed by atoms with Crippen molar-refractivity contribution in [3.63, 3.8) is 0 Å². The minimum atomic E-state index is -0.381. The Morgan fingerprint density at radius 1 is 1.15 bits per heavy atom. The highest BCUT2D eigenvalue weighted by molar-refractivity contribution is 5.85. The van der Waals surface area contributed by atoms with E-state index in [9.17, 15) is 5.11 Å². The average molecular weight is 300 g/mol. The number of hydrogen-bond acceptors (Lipinski definition) is 3. The second kappa shape index (κ2) is 9.35. The smallest absolute Gasteiger partial charge is 0.0833 e. The third-order valence-corrected chi connectivity index (χ3v) is 4.11. The molecule has 3 nitrogen and oxygen atoms in total. The zero-order valence-corrected chi connectivity index (χ0v) is 12.7. The third kappa shape index (κ3) is 4.74. The molecule has 1 aliphatic carbocycles. The predicted octanol–water partition coefficient (Wildman–Crippen LogP) is 2.67. The zero-order chi connectivity index (χ0) is 13.5. The fourth-order valence-electron chi connectivity index (χ4n) is 3.05. The first-order chi connectivity index (χ1) is 9.33. The molecule has 1 aliphatic rings. The fourth-order valence-corrected chi connectivity index (χ4v) is 3.05. The number of rotatable bonds is 6. The van der Waals surface area contributed by atoms with Crippen LogP contribution in [0.2, 0.25) is 0 Å². The van der Waals surface area contributed by atoms with E-state index in [-0.39, 0.29) is 31.0 Å². The van der Waals surface area contributed by atoms with Gasteiger partial charge in [0.25, 0.3) is 0 Å². The molecule has 0 spiro atoms. The van der Waals surface area contributed by atoms with Gasteiger partial charge in [0.05, 0.1) is 6.10 Å². The summed E-state index contributed by atoms with van der Waals surface area (Å²) in [5.41, 5.74) is 1.02. The van der Waals surface area contributed by atoms with Crippen LogP contribution in [-0.4, -0.2) is 29.4 Å². The lowest BCUT2D eigenvalue weighted by Gasteiger charge is -2.35. The Labute approximate surface area is 127 Å². The van der Waals surface area contributed by atoms with Crippen molar-refractivity contribution < 1.29 is 10.2 Å². The molecule has 0 saturated heterocycles. The molecule has 0 aromatic heterocycles. The van der Waals surface area contributed by atoms with Gasteiger partial charge < -0.3 is 15.5 Å². The van der Waals surface area contributed by atoms with Gasteiger partial charge in [-0.3, -0.25) is 0 Å². The molecule has 1 aromatic carbocycles. The molecule has 2 rings (SSSR count). The first-order valence-electron chi connectivity index (χ1n) is 7.40. The van der Waals surface area contributed by atoms with Gasteiger partial charge in [0, 0.05) is 18.6 Å². The predicted molar refractivity (Wildman–Crippen MR) is 84.1 cm³/mol. The molecule has 3 N–H and O–H groups in total. The fraction of sp³-hybridized carbons (Fsp3) is 0.625. The summed E-state index contributed by atoms with van der Waals surface area (Å²) in [6.07, 6.45) is 5.03. The van der Waals surface area contributed by atoms with E-state index in [1.165, 1.54) is 12.8 Å². The molecule has 1 fully saturated rings. The van der Waals surface area contributed by atoms with E-state index in [1.54, 1.807) is 0 Å². The summed E-state index contributed by atoms with van der Waals surface area (Å²) >= 11 is 0. The molecule has 0 bridgehead atoms. The van der Waals surface area contributed by atoms with Crippen LogP contribution in [0.4, 0.5) is 0 Å². The first-order valence-corrected chi connectivity index (χ1v) is 7.40. The summed E-state index contributed by atoms with van der Waals surface area (Å²) in [4.78, 5) is 0. The Kier molecular flexibility index (Phi) is 8.15. The van der Waals surface area contributed by atoms with Crippen LogP contribution < -0.4 is 5.32 Å². The van der Waals surface area contributed by atoms with Crippen molar-refractivity contribution in [2.75, 3.05) is 13.2 Å². The Balaban J connectivity index is 0.00000200. The number of aliphatic hydroxyl groups is 2. The molecule has 20 heavy (non-hydrogen) atoms. The van der Waals surface area contributed by atoms with Gasteiger partial charge in [-0.2, -0.15) is 0 Å². The van der Waals surface area contributed by atoms with E-state index in [0.29, 0.717) is 6.04 Å². The third-order valence-electron chi connectivity index (χ3n) is 4.11. The normalized spacial score (nSPS) is 23.9. The summed E-state index contributed by atoms with van der Waals surface area (Å²) in [6, 6.07) is 10.3. The van der Waals surface area contributed by atoms with Gasteiger partial charge in [-0.05, 0) is 31.4 Å². The molecule has 0 heterocycles. The lowest BCUT2D eigenvalue weighted by atomic mass is 9.79. The Morgan fingerprint density at radius 2 is 1.85 bits per heavy atom. The van der Waals surface area contributed by atoms with Crippen LogP contribution in [0.15, 0.2) is 30.3 Å². The summed E-state index contributed by atoms with van der Waals surface area (Å²) in [5, 5.41) is 22.9. The molecule has 0 amide bonds. The second-order valence-corrected chi connectivity index (χ2v) is 5.44. The number of nitrogens with one attached hydrogen (secondary N) is 1. The van der Waals surface area contributed by atoms with Gasteiger partial charge >= 0.3 is 0 Å². The van der Waals surface area contributed by atoms with Crippen molar-refractivity contribution in [1.82, 2.24) is 5.32 Å². The van der Waals surface area contributed by atoms with Gasteiger partial charge in [-0.25, -0.2) is 0 Å². The maximum absolute atomic E-state index is 10.6. The maximum atomic E-state index is 10.6. The number of halogens is 1. The molecule has 114 valence electrons. The molecular weight excluding hydrogens is 274 g/mol. The van der Waals surface area contributed by atoms with Crippen LogP contribution in [0.5, 0.6) is 0 Å². The van der Waals surface area contributed by atoms with Gasteiger partial charge in [-0.1, -0.05) is 43.2 Å². The topological polar surface area (TPSA) is 52.5 Å². The minimum Gasteiger partial charge on any atom is -0.396 e. The largest absolute Gasteiger partial charge is 0.396 e. The summed E-state index contributed by atoms with van der Waals surface area (Å²) < 4.78 is 0. The summed E-state index contributed by atoms with van der Waals surface area (Å²) in [7, 11) is 0. The molecule has 1 aromatic rings. The van der Waals surface area contributed by atoms with Crippen molar-refractivity contribution in [1.29, 1.82) is 0 Å². The van der Waals surface area contributed by atoms with Crippen LogP contribution in [0.25, 0.3) is 0 Å². The van der Waals surface area contributed by atoms with E-state index < -0.39 is 0 Å². The van der Waals surface area contributed by atoms with Gasteiger partial charge in [0.1, 0.15) is 0 Å². The molecule has 0 aliphatic heterocycles. The van der Waals surface area contributed by atoms with E-state index in [2.05, 4.69) is 5.32 Å². The lowest BCUT2D eigenvalue weighted by molar-refractivity contribution is 0.0612. The Hall–Kier alpha value is -0.610. The van der Waals surface area contributed by atoms with Crippen molar-refractivity contribution in [2.45, 2.75) is 44.2 Å². The molecule has 3 atom stereocenters. The van der Waals surface area contributed by atoms with Crippen molar-refractivity contribution >= 4 is 12.4 Å². The van der Waals surface area contributed by atoms with E-state index >= 15 is 0 Å². The number of hydrogen-bond donors (Lipinski definition) is 3. The highest BCUT2D eigenvalue weighted by Gasteiger charge is 2.31. The monoisotopic (exact) mass is 299 g/mol. The molecule has 0 radical (unpaired) electrons. The van der Waals surface area contributed by atoms with E-state index in [1.807, 2.05) is 30.3 Å². The highest BCUT2D eigenvalue weighted by Crippen LogP contribution is 2.34. The van der Waals surface area contributed by atoms with Crippen LogP contribution in [0.3, 0.4) is 0 Å². The molecule has 1 saturated carbocycles. The van der Waals surface area contributed by atoms with Crippen LogP contribution >= 0.6 is 12.4 Å². The SMILES string of the molecule is Cl.OCCCNC1CCCCC1C(O)c1ccccc1. The van der Waals surface area contributed by atoms with Crippen molar-refractivity contribution in [3.05, 3.63) is 35.9 Å². The molecule has 4 heteroatoms. The second-order valence-electron chi connectivity index (χ2n) is 5.44. The number of benzene rings is 1. The average Bonchev–Trinajstić information content (AvgIpc) is 2.48. The van der Waals surface area contributed by atoms with Crippen LogP contribution in [-0.2, 0) is 0 Å². The van der Waals surface area contributed by atoms with Gasteiger partial charge in [0.15, 0.2) is 0 Å². The van der Waals surface area contributed by atoms with Gasteiger partial charge in [0.2, 0.25) is 0 Å². The summed E-state index contributed by atoms with van der Waals surface area (Å²) in [6.45, 7) is 1.06. The zero-order valence-electron chi connectivity index (χ0n) is 11.9. The van der Waals surface area contributed by atoms with Gasteiger partial charge in [-0.15, -0.1) is 12.4 Å².